The van der Waals surface area contributed by atoms with Crippen LogP contribution in [0, 0.1) is 11.3 Å². The van der Waals surface area contributed by atoms with Crippen LogP contribution in [0.15, 0.2) is 12.3 Å². The molecule has 1 aliphatic rings. The number of hydrogen-bond acceptors (Lipinski definition) is 1. The maximum Gasteiger partial charge on any atom is 0.0146 e. The summed E-state index contributed by atoms with van der Waals surface area (Å²) >= 11 is 0. The fourth-order valence-corrected chi connectivity index (χ4v) is 1.63. The third-order valence-corrected chi connectivity index (χ3v) is 2.59. The molecule has 1 unspecified atom stereocenters. The molecule has 11 heavy (non-hydrogen) atoms. The van der Waals surface area contributed by atoms with Crippen molar-refractivity contribution in [3.63, 3.8) is 0 Å². The van der Waals surface area contributed by atoms with Crippen LogP contribution in [0.2, 0.25) is 0 Å². The van der Waals surface area contributed by atoms with E-state index in [1.807, 2.05) is 0 Å². The van der Waals surface area contributed by atoms with Crippen LogP contribution in [0.1, 0.15) is 33.6 Å². The van der Waals surface area contributed by atoms with Crippen LogP contribution >= 0.6 is 0 Å². The van der Waals surface area contributed by atoms with Gasteiger partial charge in [-0.05, 0) is 24.2 Å². The van der Waals surface area contributed by atoms with Gasteiger partial charge in [0, 0.05) is 12.2 Å². The van der Waals surface area contributed by atoms with Crippen molar-refractivity contribution in [3.05, 3.63) is 12.3 Å². The average Bonchev–Trinajstić information content (AvgIpc) is 1.86. The van der Waals surface area contributed by atoms with Crippen molar-refractivity contribution < 1.29 is 0 Å². The number of hydrogen-bond donors (Lipinski definition) is 1. The molecular weight excluding hydrogens is 134 g/mol. The Labute approximate surface area is 69.9 Å². The predicted octanol–water partition coefficient (Wildman–Crippen LogP) is 2.55. The zero-order valence-electron chi connectivity index (χ0n) is 7.91. The summed E-state index contributed by atoms with van der Waals surface area (Å²) in [5.74, 6) is 0.816. The maximum absolute atomic E-state index is 3.97. The summed E-state index contributed by atoms with van der Waals surface area (Å²) in [6.45, 7) is 12.0. The van der Waals surface area contributed by atoms with E-state index >= 15 is 0 Å². The molecule has 1 saturated heterocycles. The molecule has 0 aliphatic carbocycles. The van der Waals surface area contributed by atoms with Crippen LogP contribution in [0.25, 0.3) is 0 Å². The second-order valence-electron chi connectivity index (χ2n) is 4.59. The quantitative estimate of drug-likeness (QED) is 0.564. The molecule has 0 amide bonds. The Kier molecular flexibility index (Phi) is 2.26. The van der Waals surface area contributed by atoms with Crippen molar-refractivity contribution in [1.29, 1.82) is 0 Å². The Morgan fingerprint density at radius 3 is 2.45 bits per heavy atom. The molecule has 0 aromatic rings. The number of nitrogens with one attached hydrogen (secondary N) is 1. The predicted molar refractivity (Wildman–Crippen MR) is 49.3 cm³/mol. The van der Waals surface area contributed by atoms with Gasteiger partial charge in [0.1, 0.15) is 0 Å². The summed E-state index contributed by atoms with van der Waals surface area (Å²) in [5, 5.41) is 3.29. The normalized spacial score (nSPS) is 26.5. The lowest BCUT2D eigenvalue weighted by Gasteiger charge is -2.35. The number of allylic oxidation sites excluding steroid dienone is 1. The van der Waals surface area contributed by atoms with Crippen LogP contribution in [-0.4, -0.2) is 6.54 Å². The van der Waals surface area contributed by atoms with Gasteiger partial charge in [0.25, 0.3) is 0 Å². The van der Waals surface area contributed by atoms with E-state index in [4.69, 9.17) is 0 Å². The van der Waals surface area contributed by atoms with Gasteiger partial charge in [-0.2, -0.15) is 0 Å². The monoisotopic (exact) mass is 153 g/mol. The standard InChI is InChI=1S/C10H19N/c1-8-7-9(5-6-11-8)10(2,3)4/h9,11H,1,5-7H2,2-4H3. The van der Waals surface area contributed by atoms with Gasteiger partial charge < -0.3 is 5.32 Å². The molecule has 0 saturated carbocycles. The van der Waals surface area contributed by atoms with Gasteiger partial charge in [-0.1, -0.05) is 27.4 Å². The summed E-state index contributed by atoms with van der Waals surface area (Å²) in [5.41, 5.74) is 1.67. The van der Waals surface area contributed by atoms with E-state index in [0.29, 0.717) is 5.41 Å². The highest BCUT2D eigenvalue weighted by Gasteiger charge is 2.26. The maximum atomic E-state index is 3.97. The van der Waals surface area contributed by atoms with Gasteiger partial charge in [0.05, 0.1) is 0 Å². The van der Waals surface area contributed by atoms with Crippen molar-refractivity contribution in [2.24, 2.45) is 11.3 Å². The summed E-state index contributed by atoms with van der Waals surface area (Å²) in [4.78, 5) is 0. The minimum atomic E-state index is 0.449. The largest absolute Gasteiger partial charge is 0.389 e. The molecule has 0 radical (unpaired) electrons. The first kappa shape index (κ1) is 8.63. The molecule has 1 fully saturated rings. The van der Waals surface area contributed by atoms with E-state index in [2.05, 4.69) is 32.7 Å². The second kappa shape index (κ2) is 2.88. The van der Waals surface area contributed by atoms with E-state index in [1.165, 1.54) is 12.1 Å². The Morgan fingerprint density at radius 1 is 1.45 bits per heavy atom. The first-order chi connectivity index (χ1) is 5.00. The Bertz CT molecular complexity index is 153. The van der Waals surface area contributed by atoms with Gasteiger partial charge in [-0.15, -0.1) is 0 Å². The molecule has 0 aromatic carbocycles. The van der Waals surface area contributed by atoms with E-state index in [-0.39, 0.29) is 0 Å². The fraction of sp³-hybridized carbons (Fsp3) is 0.800. The second-order valence-corrected chi connectivity index (χ2v) is 4.59. The number of piperidine rings is 1. The Balaban J connectivity index is 2.53. The van der Waals surface area contributed by atoms with Gasteiger partial charge in [-0.3, -0.25) is 0 Å². The molecule has 0 aromatic heterocycles. The van der Waals surface area contributed by atoms with Crippen molar-refractivity contribution in [3.8, 4) is 0 Å². The van der Waals surface area contributed by atoms with Crippen molar-refractivity contribution in [2.75, 3.05) is 6.54 Å². The smallest absolute Gasteiger partial charge is 0.0146 e. The lowest BCUT2D eigenvalue weighted by Crippen LogP contribution is -2.32. The van der Waals surface area contributed by atoms with Crippen LogP contribution in [0.3, 0.4) is 0 Å². The molecule has 1 heteroatoms. The molecule has 1 rings (SSSR count). The van der Waals surface area contributed by atoms with Gasteiger partial charge in [-0.25, -0.2) is 0 Å². The molecule has 0 bridgehead atoms. The van der Waals surface area contributed by atoms with E-state index in [0.717, 1.165) is 18.9 Å². The molecule has 1 aliphatic heterocycles. The first-order valence-electron chi connectivity index (χ1n) is 4.42. The highest BCUT2D eigenvalue weighted by Crippen LogP contribution is 2.34. The number of rotatable bonds is 0. The molecule has 1 nitrogen and oxygen atoms in total. The van der Waals surface area contributed by atoms with Gasteiger partial charge >= 0.3 is 0 Å². The van der Waals surface area contributed by atoms with Crippen LogP contribution < -0.4 is 5.32 Å². The third kappa shape index (κ3) is 2.25. The average molecular weight is 153 g/mol. The minimum Gasteiger partial charge on any atom is -0.389 e. The van der Waals surface area contributed by atoms with Crippen LogP contribution in [0.5, 0.6) is 0 Å². The van der Waals surface area contributed by atoms with E-state index < -0.39 is 0 Å². The van der Waals surface area contributed by atoms with E-state index in [9.17, 15) is 0 Å². The SMILES string of the molecule is C=C1CC(C(C)(C)C)CCN1. The fourth-order valence-electron chi connectivity index (χ4n) is 1.63. The molecular formula is C10H19N. The Morgan fingerprint density at radius 2 is 2.09 bits per heavy atom. The zero-order valence-corrected chi connectivity index (χ0v) is 7.91. The third-order valence-electron chi connectivity index (χ3n) is 2.59. The van der Waals surface area contributed by atoms with Gasteiger partial charge in [0.15, 0.2) is 0 Å². The zero-order chi connectivity index (χ0) is 8.48. The van der Waals surface area contributed by atoms with E-state index in [1.54, 1.807) is 0 Å². The summed E-state index contributed by atoms with van der Waals surface area (Å²) in [6, 6.07) is 0. The van der Waals surface area contributed by atoms with Crippen LogP contribution in [-0.2, 0) is 0 Å². The Hall–Kier alpha value is -0.460. The highest BCUT2D eigenvalue weighted by atomic mass is 14.9. The first-order valence-corrected chi connectivity index (χ1v) is 4.42. The van der Waals surface area contributed by atoms with Crippen molar-refractivity contribution >= 4 is 0 Å². The highest BCUT2D eigenvalue weighted by molar-refractivity contribution is 4.99. The van der Waals surface area contributed by atoms with Crippen molar-refractivity contribution in [1.82, 2.24) is 5.32 Å². The summed E-state index contributed by atoms with van der Waals surface area (Å²) in [7, 11) is 0. The summed E-state index contributed by atoms with van der Waals surface area (Å²) in [6.07, 6.45) is 2.45. The van der Waals surface area contributed by atoms with Crippen LogP contribution in [0.4, 0.5) is 0 Å². The molecule has 0 spiro atoms. The molecule has 64 valence electrons. The molecule has 1 heterocycles. The molecule has 1 atom stereocenters. The van der Waals surface area contributed by atoms with Gasteiger partial charge in [0.2, 0.25) is 0 Å². The minimum absolute atomic E-state index is 0.449. The van der Waals surface area contributed by atoms with Crippen molar-refractivity contribution in [2.45, 2.75) is 33.6 Å². The lowest BCUT2D eigenvalue weighted by atomic mass is 9.75. The topological polar surface area (TPSA) is 12.0 Å². The molecule has 1 N–H and O–H groups in total. The summed E-state index contributed by atoms with van der Waals surface area (Å²) < 4.78 is 0. The lowest BCUT2D eigenvalue weighted by molar-refractivity contribution is 0.205.